The Morgan fingerprint density at radius 1 is 0.411 bits per heavy atom. The highest BCUT2D eigenvalue weighted by atomic mass is 16.5. The fourth-order valence-electron chi connectivity index (χ4n) is 8.82. The van der Waals surface area contributed by atoms with E-state index >= 15 is 0 Å². The van der Waals surface area contributed by atoms with Crippen molar-refractivity contribution in [3.8, 4) is 39.4 Å². The molecule has 0 saturated carbocycles. The van der Waals surface area contributed by atoms with E-state index in [-0.39, 0.29) is 0 Å². The van der Waals surface area contributed by atoms with Gasteiger partial charge in [0.1, 0.15) is 11.2 Å². The summed E-state index contributed by atoms with van der Waals surface area (Å²) in [5.41, 5.74) is 13.0. The Hall–Kier alpha value is -7.56. The summed E-state index contributed by atoms with van der Waals surface area (Å²) in [4.78, 5) is 2.41. The van der Waals surface area contributed by atoms with E-state index in [0.29, 0.717) is 0 Å². The van der Waals surface area contributed by atoms with Crippen LogP contribution in [0.4, 0.5) is 17.1 Å². The van der Waals surface area contributed by atoms with Crippen LogP contribution in [0.1, 0.15) is 0 Å². The van der Waals surface area contributed by atoms with Crippen molar-refractivity contribution < 1.29 is 9.15 Å². The van der Waals surface area contributed by atoms with Crippen molar-refractivity contribution in [2.24, 2.45) is 0 Å². The summed E-state index contributed by atoms with van der Waals surface area (Å²) in [6.07, 6.45) is 0. The fraction of sp³-hybridized carbons (Fsp3) is 0. The molecule has 0 fully saturated rings. The second-order valence-corrected chi connectivity index (χ2v) is 14.5. The molecule has 1 aliphatic heterocycles. The van der Waals surface area contributed by atoms with Gasteiger partial charge in [0.25, 0.3) is 0 Å². The number of para-hydroxylation sites is 5. The molecule has 56 heavy (non-hydrogen) atoms. The molecule has 262 valence electrons. The predicted molar refractivity (Wildman–Crippen MR) is 231 cm³/mol. The number of rotatable bonds is 5. The van der Waals surface area contributed by atoms with Crippen molar-refractivity contribution in [2.75, 3.05) is 4.90 Å². The van der Waals surface area contributed by atoms with E-state index in [1.807, 2.05) is 24.3 Å². The van der Waals surface area contributed by atoms with Crippen molar-refractivity contribution in [1.29, 1.82) is 0 Å². The minimum atomic E-state index is 0.867. The van der Waals surface area contributed by atoms with Crippen LogP contribution in [0.5, 0.6) is 11.5 Å². The molecule has 0 amide bonds. The number of furan rings is 1. The number of hydrogen-bond donors (Lipinski definition) is 0. The third-order valence-electron chi connectivity index (χ3n) is 11.4. The standard InChI is InChI=1S/C52H32N2O2/c1-2-13-38-34(11-1)12-9-19-45(38)53(37-27-23-33(24-28-37)35-25-29-41-40-15-4-7-20-48(40)55-51(41)32-35)44-17-5-3-14-39(44)36-26-30-46-43(31-36)42-16-10-22-50-52(42)54(46)47-18-6-8-21-49(47)56-50/h1-32H. The highest BCUT2D eigenvalue weighted by Gasteiger charge is 2.25. The van der Waals surface area contributed by atoms with Crippen LogP contribution in [0.15, 0.2) is 199 Å². The fourth-order valence-corrected chi connectivity index (χ4v) is 8.82. The first-order valence-corrected chi connectivity index (χ1v) is 19.0. The first kappa shape index (κ1) is 30.9. The van der Waals surface area contributed by atoms with Gasteiger partial charge in [-0.15, -0.1) is 0 Å². The average Bonchev–Trinajstić information content (AvgIpc) is 3.80. The van der Waals surface area contributed by atoms with E-state index in [1.165, 1.54) is 21.5 Å². The smallest absolute Gasteiger partial charge is 0.152 e. The number of hydrogen-bond acceptors (Lipinski definition) is 3. The summed E-state index contributed by atoms with van der Waals surface area (Å²) < 4.78 is 15.0. The van der Waals surface area contributed by atoms with Crippen LogP contribution >= 0.6 is 0 Å². The van der Waals surface area contributed by atoms with Gasteiger partial charge in [-0.2, -0.15) is 0 Å². The molecule has 0 aliphatic carbocycles. The van der Waals surface area contributed by atoms with E-state index < -0.39 is 0 Å². The maximum absolute atomic E-state index is 6.41. The SMILES string of the molecule is c1ccc2c(c1)Oc1cccc3c4cc(-c5ccccc5N(c5ccc(-c6ccc7c(c6)oc6ccccc67)cc5)c5cccc6ccccc56)ccc4n-2c13. The topological polar surface area (TPSA) is 30.5 Å². The Morgan fingerprint density at radius 3 is 2.04 bits per heavy atom. The minimum Gasteiger partial charge on any atom is -0.456 e. The molecule has 0 radical (unpaired) electrons. The maximum atomic E-state index is 6.41. The van der Waals surface area contributed by atoms with Crippen molar-refractivity contribution >= 4 is 71.6 Å². The molecule has 3 heterocycles. The van der Waals surface area contributed by atoms with E-state index in [9.17, 15) is 0 Å². The maximum Gasteiger partial charge on any atom is 0.152 e. The van der Waals surface area contributed by atoms with Gasteiger partial charge in [0, 0.05) is 38.2 Å². The highest BCUT2D eigenvalue weighted by molar-refractivity contribution is 6.13. The first-order chi connectivity index (χ1) is 27.8. The van der Waals surface area contributed by atoms with Gasteiger partial charge in [-0.25, -0.2) is 0 Å². The van der Waals surface area contributed by atoms with E-state index in [4.69, 9.17) is 9.15 Å². The van der Waals surface area contributed by atoms with Gasteiger partial charge in [-0.3, -0.25) is 0 Å². The Labute approximate surface area is 322 Å². The van der Waals surface area contributed by atoms with Gasteiger partial charge in [0.15, 0.2) is 11.5 Å². The van der Waals surface area contributed by atoms with Crippen molar-refractivity contribution in [1.82, 2.24) is 4.57 Å². The Morgan fingerprint density at radius 2 is 1.09 bits per heavy atom. The molecule has 0 N–H and O–H groups in total. The molecule has 4 nitrogen and oxygen atoms in total. The molecule has 4 heteroatoms. The lowest BCUT2D eigenvalue weighted by Crippen LogP contribution is -2.11. The summed E-state index contributed by atoms with van der Waals surface area (Å²) in [6.45, 7) is 0. The Kier molecular flexibility index (Phi) is 6.60. The average molecular weight is 717 g/mol. The normalized spacial score (nSPS) is 12.1. The zero-order valence-electron chi connectivity index (χ0n) is 30.2. The van der Waals surface area contributed by atoms with Crippen LogP contribution in [-0.2, 0) is 0 Å². The van der Waals surface area contributed by atoms with Crippen LogP contribution in [0.25, 0.3) is 82.5 Å². The lowest BCUT2D eigenvalue weighted by Gasteiger charge is -2.29. The zero-order chi connectivity index (χ0) is 36.7. The van der Waals surface area contributed by atoms with Gasteiger partial charge < -0.3 is 18.6 Å². The number of fused-ring (bicyclic) bond motifs is 9. The summed E-state index contributed by atoms with van der Waals surface area (Å²) in [7, 11) is 0. The highest BCUT2D eigenvalue weighted by Crippen LogP contribution is 2.48. The number of benzene rings is 9. The molecular weight excluding hydrogens is 685 g/mol. The molecule has 0 spiro atoms. The van der Waals surface area contributed by atoms with Gasteiger partial charge in [-0.1, -0.05) is 121 Å². The molecule has 9 aromatic carbocycles. The summed E-state index contributed by atoms with van der Waals surface area (Å²) >= 11 is 0. The molecule has 2 aromatic heterocycles. The summed E-state index contributed by atoms with van der Waals surface area (Å²) in [5.74, 6) is 1.74. The van der Waals surface area contributed by atoms with Crippen LogP contribution in [-0.4, -0.2) is 4.57 Å². The van der Waals surface area contributed by atoms with E-state index in [0.717, 1.165) is 89.5 Å². The van der Waals surface area contributed by atoms with Crippen LogP contribution in [0.2, 0.25) is 0 Å². The van der Waals surface area contributed by atoms with Crippen molar-refractivity contribution in [2.45, 2.75) is 0 Å². The lowest BCUT2D eigenvalue weighted by atomic mass is 9.98. The molecule has 12 rings (SSSR count). The third-order valence-corrected chi connectivity index (χ3v) is 11.4. The number of aromatic nitrogens is 1. The van der Waals surface area contributed by atoms with Gasteiger partial charge in [0.2, 0.25) is 0 Å². The Bertz CT molecular complexity index is 3350. The molecule has 1 aliphatic rings. The minimum absolute atomic E-state index is 0.867. The monoisotopic (exact) mass is 716 g/mol. The molecule has 0 unspecified atom stereocenters. The predicted octanol–water partition coefficient (Wildman–Crippen LogP) is 14.7. The second kappa shape index (κ2) is 12.0. The zero-order valence-corrected chi connectivity index (χ0v) is 30.2. The Balaban J connectivity index is 1.03. The van der Waals surface area contributed by atoms with Crippen LogP contribution in [0.3, 0.4) is 0 Å². The molecular formula is C52H32N2O2. The van der Waals surface area contributed by atoms with Crippen molar-refractivity contribution in [3.63, 3.8) is 0 Å². The number of nitrogens with zero attached hydrogens (tertiary/aromatic N) is 2. The first-order valence-electron chi connectivity index (χ1n) is 19.0. The lowest BCUT2D eigenvalue weighted by molar-refractivity contribution is 0.476. The third kappa shape index (κ3) is 4.60. The molecule has 0 saturated heterocycles. The quantitative estimate of drug-likeness (QED) is 0.178. The summed E-state index contributed by atoms with van der Waals surface area (Å²) in [5, 5.41) is 7.02. The van der Waals surface area contributed by atoms with Crippen LogP contribution < -0.4 is 9.64 Å². The molecule has 0 bridgehead atoms. The summed E-state index contributed by atoms with van der Waals surface area (Å²) in [6, 6.07) is 69.2. The molecule has 11 aromatic rings. The molecule has 0 atom stereocenters. The van der Waals surface area contributed by atoms with Gasteiger partial charge in [0.05, 0.1) is 28.1 Å². The van der Waals surface area contributed by atoms with E-state index in [1.54, 1.807) is 0 Å². The number of ether oxygens (including phenoxy) is 1. The van der Waals surface area contributed by atoms with Crippen LogP contribution in [0, 0.1) is 0 Å². The second-order valence-electron chi connectivity index (χ2n) is 14.5. The van der Waals surface area contributed by atoms with Gasteiger partial charge >= 0.3 is 0 Å². The largest absolute Gasteiger partial charge is 0.456 e. The van der Waals surface area contributed by atoms with Gasteiger partial charge in [-0.05, 0) is 94.9 Å². The van der Waals surface area contributed by atoms with E-state index in [2.05, 4.69) is 179 Å². The van der Waals surface area contributed by atoms with Crippen molar-refractivity contribution in [3.05, 3.63) is 194 Å². The number of anilines is 3.